The maximum Gasteiger partial charge on any atom is 0.323 e. The fourth-order valence-electron chi connectivity index (χ4n) is 2.00. The Bertz CT molecular complexity index is 569. The van der Waals surface area contributed by atoms with Crippen molar-refractivity contribution in [2.45, 2.75) is 25.9 Å². The first kappa shape index (κ1) is 13.7. The van der Waals surface area contributed by atoms with Crippen LogP contribution in [0.4, 0.5) is 5.95 Å². The molecule has 9 heteroatoms. The van der Waals surface area contributed by atoms with Gasteiger partial charge in [-0.1, -0.05) is 0 Å². The van der Waals surface area contributed by atoms with E-state index in [1.54, 1.807) is 0 Å². The van der Waals surface area contributed by atoms with Gasteiger partial charge < -0.3 is 14.8 Å². The molecule has 1 saturated heterocycles. The Morgan fingerprint density at radius 2 is 2.38 bits per heavy atom. The molecule has 0 aliphatic carbocycles. The summed E-state index contributed by atoms with van der Waals surface area (Å²) in [5, 5.41) is 7.05. The van der Waals surface area contributed by atoms with Gasteiger partial charge in [-0.15, -0.1) is 0 Å². The number of nitrogens with one attached hydrogen (secondary N) is 1. The van der Waals surface area contributed by atoms with Crippen LogP contribution < -0.4 is 10.1 Å². The number of rotatable bonds is 6. The summed E-state index contributed by atoms with van der Waals surface area (Å²) >= 11 is 0. The summed E-state index contributed by atoms with van der Waals surface area (Å²) in [5.41, 5.74) is 0. The number of anilines is 1. The highest BCUT2D eigenvalue weighted by Gasteiger charge is 2.17. The van der Waals surface area contributed by atoms with Crippen LogP contribution in [0.5, 0.6) is 6.01 Å². The Kier molecular flexibility index (Phi) is 4.20. The lowest BCUT2D eigenvalue weighted by molar-refractivity contribution is 0.0644. The first-order valence-corrected chi connectivity index (χ1v) is 6.94. The van der Waals surface area contributed by atoms with Gasteiger partial charge in [0.15, 0.2) is 0 Å². The first-order chi connectivity index (χ1) is 10.3. The maximum absolute atomic E-state index is 5.63. The van der Waals surface area contributed by atoms with Gasteiger partial charge in [0, 0.05) is 13.2 Å². The lowest BCUT2D eigenvalue weighted by Crippen LogP contribution is -2.18. The minimum Gasteiger partial charge on any atom is -0.461 e. The summed E-state index contributed by atoms with van der Waals surface area (Å²) in [7, 11) is 0. The minimum atomic E-state index is 0.110. The van der Waals surface area contributed by atoms with Crippen molar-refractivity contribution in [3.05, 3.63) is 12.7 Å². The molecule has 1 fully saturated rings. The van der Waals surface area contributed by atoms with Gasteiger partial charge >= 0.3 is 6.01 Å². The molecular formula is C12H17N7O2. The number of aromatic nitrogens is 6. The number of nitrogens with zero attached hydrogens (tertiary/aromatic N) is 6. The van der Waals surface area contributed by atoms with E-state index in [0.29, 0.717) is 25.0 Å². The zero-order chi connectivity index (χ0) is 14.5. The molecule has 1 atom stereocenters. The highest BCUT2D eigenvalue weighted by molar-refractivity contribution is 5.29. The van der Waals surface area contributed by atoms with Crippen molar-refractivity contribution in [1.82, 2.24) is 29.7 Å². The Hall–Kier alpha value is -2.29. The lowest BCUT2D eigenvalue weighted by Gasteiger charge is -2.11. The van der Waals surface area contributed by atoms with Crippen molar-refractivity contribution in [3.63, 3.8) is 0 Å². The molecule has 112 valence electrons. The number of hydrogen-bond donors (Lipinski definition) is 1. The molecule has 0 bridgehead atoms. The second kappa shape index (κ2) is 6.44. The van der Waals surface area contributed by atoms with E-state index in [2.05, 4.69) is 30.4 Å². The molecule has 0 aromatic carbocycles. The molecule has 3 heterocycles. The summed E-state index contributed by atoms with van der Waals surface area (Å²) in [4.78, 5) is 16.6. The lowest BCUT2D eigenvalue weighted by atomic mass is 10.2. The van der Waals surface area contributed by atoms with Crippen LogP contribution in [-0.2, 0) is 4.74 Å². The smallest absolute Gasteiger partial charge is 0.323 e. The average Bonchev–Trinajstić information content (AvgIpc) is 3.19. The molecule has 21 heavy (non-hydrogen) atoms. The predicted molar refractivity (Wildman–Crippen MR) is 73.4 cm³/mol. The fourth-order valence-corrected chi connectivity index (χ4v) is 2.00. The molecular weight excluding hydrogens is 274 g/mol. The molecule has 0 spiro atoms. The van der Waals surface area contributed by atoms with Gasteiger partial charge in [0.1, 0.15) is 19.3 Å². The molecule has 0 radical (unpaired) electrons. The van der Waals surface area contributed by atoms with Gasteiger partial charge in [-0.25, -0.2) is 4.98 Å². The topological polar surface area (TPSA) is 99.9 Å². The third-order valence-electron chi connectivity index (χ3n) is 2.98. The SMILES string of the molecule is CCNc1nc(OCC2CCCO2)nc(-n2cncn2)n1. The van der Waals surface area contributed by atoms with E-state index in [1.165, 1.54) is 17.3 Å². The molecule has 2 aromatic rings. The zero-order valence-electron chi connectivity index (χ0n) is 11.8. The van der Waals surface area contributed by atoms with Crippen LogP contribution in [0.3, 0.4) is 0 Å². The summed E-state index contributed by atoms with van der Waals surface area (Å²) in [6, 6.07) is 0.252. The average molecular weight is 291 g/mol. The fraction of sp³-hybridized carbons (Fsp3) is 0.583. The van der Waals surface area contributed by atoms with Crippen LogP contribution in [0.2, 0.25) is 0 Å². The van der Waals surface area contributed by atoms with Crippen molar-refractivity contribution in [2.75, 3.05) is 25.1 Å². The van der Waals surface area contributed by atoms with Crippen LogP contribution in [0.15, 0.2) is 12.7 Å². The monoisotopic (exact) mass is 291 g/mol. The standard InChI is InChI=1S/C12H17N7O2/c1-2-14-10-16-11(19-8-13-7-15-19)18-12(17-10)21-6-9-4-3-5-20-9/h7-9H,2-6H2,1H3,(H,14,16,17,18). The molecule has 3 rings (SSSR count). The zero-order valence-corrected chi connectivity index (χ0v) is 11.8. The van der Waals surface area contributed by atoms with Crippen LogP contribution in [-0.4, -0.2) is 55.6 Å². The van der Waals surface area contributed by atoms with E-state index in [-0.39, 0.29) is 12.1 Å². The van der Waals surface area contributed by atoms with Crippen molar-refractivity contribution in [2.24, 2.45) is 0 Å². The largest absolute Gasteiger partial charge is 0.461 e. The molecule has 1 N–H and O–H groups in total. The van der Waals surface area contributed by atoms with Crippen LogP contribution in [0.1, 0.15) is 19.8 Å². The van der Waals surface area contributed by atoms with Crippen molar-refractivity contribution in [3.8, 4) is 12.0 Å². The van der Waals surface area contributed by atoms with Crippen LogP contribution >= 0.6 is 0 Å². The normalized spacial score (nSPS) is 17.9. The summed E-state index contributed by atoms with van der Waals surface area (Å²) in [6.45, 7) is 3.89. The molecule has 9 nitrogen and oxygen atoms in total. The van der Waals surface area contributed by atoms with Gasteiger partial charge in [0.25, 0.3) is 5.95 Å². The predicted octanol–water partition coefficient (Wildman–Crippen LogP) is 0.442. The van der Waals surface area contributed by atoms with Crippen molar-refractivity contribution in [1.29, 1.82) is 0 Å². The Morgan fingerprint density at radius 1 is 1.43 bits per heavy atom. The van der Waals surface area contributed by atoms with E-state index in [1.807, 2.05) is 6.92 Å². The van der Waals surface area contributed by atoms with E-state index in [0.717, 1.165) is 19.4 Å². The summed E-state index contributed by atoms with van der Waals surface area (Å²) in [6.07, 6.45) is 5.12. The van der Waals surface area contributed by atoms with Gasteiger partial charge in [0.2, 0.25) is 5.95 Å². The van der Waals surface area contributed by atoms with Gasteiger partial charge in [-0.2, -0.15) is 24.7 Å². The quantitative estimate of drug-likeness (QED) is 0.818. The first-order valence-electron chi connectivity index (χ1n) is 6.94. The van der Waals surface area contributed by atoms with Gasteiger partial charge in [-0.05, 0) is 19.8 Å². The Balaban J connectivity index is 1.77. The molecule has 0 amide bonds. The van der Waals surface area contributed by atoms with Crippen molar-refractivity contribution >= 4 is 5.95 Å². The molecule has 1 unspecified atom stereocenters. The van der Waals surface area contributed by atoms with E-state index < -0.39 is 0 Å². The molecule has 1 aliphatic rings. The van der Waals surface area contributed by atoms with E-state index in [9.17, 15) is 0 Å². The molecule has 1 aliphatic heterocycles. The number of hydrogen-bond acceptors (Lipinski definition) is 8. The Labute approximate surface area is 121 Å². The highest BCUT2D eigenvalue weighted by atomic mass is 16.5. The second-order valence-corrected chi connectivity index (χ2v) is 4.56. The van der Waals surface area contributed by atoms with Gasteiger partial charge in [-0.3, -0.25) is 0 Å². The van der Waals surface area contributed by atoms with Crippen LogP contribution in [0, 0.1) is 0 Å². The summed E-state index contributed by atoms with van der Waals surface area (Å²) < 4.78 is 12.6. The molecule has 0 saturated carbocycles. The summed E-state index contributed by atoms with van der Waals surface area (Å²) in [5.74, 6) is 0.807. The highest BCUT2D eigenvalue weighted by Crippen LogP contribution is 2.15. The Morgan fingerprint density at radius 3 is 3.10 bits per heavy atom. The third kappa shape index (κ3) is 3.43. The third-order valence-corrected chi connectivity index (χ3v) is 2.98. The van der Waals surface area contributed by atoms with Gasteiger partial charge in [0.05, 0.1) is 6.10 Å². The van der Waals surface area contributed by atoms with Crippen molar-refractivity contribution < 1.29 is 9.47 Å². The maximum atomic E-state index is 5.63. The minimum absolute atomic E-state index is 0.110. The van der Waals surface area contributed by atoms with E-state index in [4.69, 9.17) is 9.47 Å². The number of ether oxygens (including phenoxy) is 2. The van der Waals surface area contributed by atoms with E-state index >= 15 is 0 Å². The molecule has 2 aromatic heterocycles. The van der Waals surface area contributed by atoms with Crippen LogP contribution in [0.25, 0.3) is 5.95 Å². The second-order valence-electron chi connectivity index (χ2n) is 4.56.